The second kappa shape index (κ2) is 7.02. The van der Waals surface area contributed by atoms with Crippen molar-refractivity contribution in [3.8, 4) is 5.69 Å². The molecule has 1 N–H and O–H groups in total. The number of sulfone groups is 1. The highest BCUT2D eigenvalue weighted by atomic mass is 32.2. The zero-order valence-electron chi connectivity index (χ0n) is 13.6. The Morgan fingerprint density at radius 2 is 1.92 bits per heavy atom. The van der Waals surface area contributed by atoms with Crippen LogP contribution in [0.4, 0.5) is 10.2 Å². The van der Waals surface area contributed by atoms with Crippen LogP contribution in [0.25, 0.3) is 5.69 Å². The second-order valence-electron chi connectivity index (χ2n) is 5.53. The molecule has 3 aromatic rings. The van der Waals surface area contributed by atoms with E-state index in [9.17, 15) is 12.8 Å². The molecule has 2 aromatic heterocycles. The van der Waals surface area contributed by atoms with Gasteiger partial charge in [-0.1, -0.05) is 0 Å². The van der Waals surface area contributed by atoms with Crippen LogP contribution in [0.15, 0.2) is 59.8 Å². The van der Waals surface area contributed by atoms with Gasteiger partial charge in [0.1, 0.15) is 16.5 Å². The van der Waals surface area contributed by atoms with E-state index in [-0.39, 0.29) is 10.7 Å². The van der Waals surface area contributed by atoms with Gasteiger partial charge >= 0.3 is 0 Å². The number of nitrogens with one attached hydrogen (secondary N) is 1. The zero-order chi connectivity index (χ0) is 17.9. The van der Waals surface area contributed by atoms with Crippen molar-refractivity contribution in [2.75, 3.05) is 18.1 Å². The lowest BCUT2D eigenvalue weighted by Gasteiger charge is -2.08. The van der Waals surface area contributed by atoms with Gasteiger partial charge in [-0.2, -0.15) is 5.10 Å². The van der Waals surface area contributed by atoms with E-state index >= 15 is 0 Å². The lowest BCUT2D eigenvalue weighted by molar-refractivity contribution is 0.601. The monoisotopic (exact) mass is 360 g/mol. The summed E-state index contributed by atoms with van der Waals surface area (Å²) in [6, 6.07) is 11.0. The van der Waals surface area contributed by atoms with Crippen LogP contribution in [0, 0.1) is 5.82 Å². The van der Waals surface area contributed by atoms with E-state index in [4.69, 9.17) is 0 Å². The van der Waals surface area contributed by atoms with Gasteiger partial charge in [-0.05, 0) is 42.5 Å². The van der Waals surface area contributed by atoms with E-state index in [1.807, 2.05) is 6.07 Å². The number of halogens is 1. The number of anilines is 1. The van der Waals surface area contributed by atoms with Gasteiger partial charge in [-0.25, -0.2) is 22.5 Å². The van der Waals surface area contributed by atoms with Crippen LogP contribution < -0.4 is 5.32 Å². The highest BCUT2D eigenvalue weighted by Crippen LogP contribution is 2.17. The number of hydrogen-bond donors (Lipinski definition) is 1. The highest BCUT2D eigenvalue weighted by Gasteiger charge is 2.13. The Morgan fingerprint density at radius 3 is 2.64 bits per heavy atom. The fourth-order valence-electron chi connectivity index (χ4n) is 2.36. The van der Waals surface area contributed by atoms with Crippen molar-refractivity contribution < 1.29 is 12.8 Å². The van der Waals surface area contributed by atoms with E-state index in [1.165, 1.54) is 18.2 Å². The summed E-state index contributed by atoms with van der Waals surface area (Å²) in [6.07, 6.45) is 5.08. The van der Waals surface area contributed by atoms with Crippen LogP contribution >= 0.6 is 0 Å². The molecule has 0 saturated carbocycles. The van der Waals surface area contributed by atoms with Crippen molar-refractivity contribution in [2.45, 2.75) is 11.3 Å². The van der Waals surface area contributed by atoms with Gasteiger partial charge in [-0.15, -0.1) is 0 Å². The molecule has 6 nitrogen and oxygen atoms in total. The minimum atomic E-state index is -3.34. The van der Waals surface area contributed by atoms with E-state index < -0.39 is 9.84 Å². The van der Waals surface area contributed by atoms with Gasteiger partial charge in [0.05, 0.1) is 11.4 Å². The lowest BCUT2D eigenvalue weighted by atomic mass is 10.3. The third kappa shape index (κ3) is 4.21. The van der Waals surface area contributed by atoms with Crippen molar-refractivity contribution in [1.82, 2.24) is 14.8 Å². The van der Waals surface area contributed by atoms with E-state index in [1.54, 1.807) is 35.3 Å². The number of aromatic nitrogens is 3. The van der Waals surface area contributed by atoms with Crippen LogP contribution in [0.1, 0.15) is 5.69 Å². The van der Waals surface area contributed by atoms with Crippen molar-refractivity contribution in [3.63, 3.8) is 0 Å². The van der Waals surface area contributed by atoms with Crippen LogP contribution in [-0.4, -0.2) is 36.0 Å². The minimum Gasteiger partial charge on any atom is -0.369 e. The first-order valence-corrected chi connectivity index (χ1v) is 9.52. The van der Waals surface area contributed by atoms with Crippen LogP contribution in [0.3, 0.4) is 0 Å². The Bertz CT molecular complexity index is 968. The van der Waals surface area contributed by atoms with Gasteiger partial charge in [0.25, 0.3) is 0 Å². The fraction of sp³-hybridized carbons (Fsp3) is 0.176. The molecule has 0 bridgehead atoms. The Hall–Kier alpha value is -2.74. The van der Waals surface area contributed by atoms with Crippen molar-refractivity contribution >= 4 is 15.7 Å². The predicted octanol–water partition coefficient (Wildman–Crippen LogP) is 2.46. The molecule has 0 aliphatic carbocycles. The average molecular weight is 360 g/mol. The van der Waals surface area contributed by atoms with Crippen molar-refractivity contribution in [1.29, 1.82) is 0 Å². The van der Waals surface area contributed by atoms with Crippen molar-refractivity contribution in [3.05, 3.63) is 66.4 Å². The topological polar surface area (TPSA) is 76.9 Å². The largest absolute Gasteiger partial charge is 0.369 e. The first kappa shape index (κ1) is 17.1. The third-order valence-corrected chi connectivity index (χ3v) is 4.71. The normalized spacial score (nSPS) is 11.4. The molecule has 2 heterocycles. The van der Waals surface area contributed by atoms with Crippen LogP contribution in [0.2, 0.25) is 0 Å². The highest BCUT2D eigenvalue weighted by molar-refractivity contribution is 7.90. The van der Waals surface area contributed by atoms with Crippen LogP contribution in [0.5, 0.6) is 0 Å². The standard InChI is InChI=1S/C17H17FN4O2S/c1-25(23,24)16-3-2-10-19-17(16)20-11-8-14-9-12-22(21-14)15-6-4-13(18)5-7-15/h2-7,9-10,12H,8,11H2,1H3,(H,19,20). The summed E-state index contributed by atoms with van der Waals surface area (Å²) in [5, 5.41) is 7.46. The summed E-state index contributed by atoms with van der Waals surface area (Å²) >= 11 is 0. The van der Waals surface area contributed by atoms with Crippen molar-refractivity contribution in [2.24, 2.45) is 0 Å². The quantitative estimate of drug-likeness (QED) is 0.731. The summed E-state index contributed by atoms with van der Waals surface area (Å²) in [6.45, 7) is 0.486. The summed E-state index contributed by atoms with van der Waals surface area (Å²) in [4.78, 5) is 4.26. The fourth-order valence-corrected chi connectivity index (χ4v) is 3.17. The molecule has 0 aliphatic heterocycles. The zero-order valence-corrected chi connectivity index (χ0v) is 14.4. The maximum atomic E-state index is 13.0. The number of pyridine rings is 1. The SMILES string of the molecule is CS(=O)(=O)c1cccnc1NCCc1ccn(-c2ccc(F)cc2)n1. The molecule has 0 fully saturated rings. The number of nitrogens with zero attached hydrogens (tertiary/aromatic N) is 3. The van der Waals surface area contributed by atoms with Gasteiger partial charge in [0.2, 0.25) is 0 Å². The summed E-state index contributed by atoms with van der Waals surface area (Å²) < 4.78 is 38.1. The van der Waals surface area contributed by atoms with E-state index in [0.717, 1.165) is 17.6 Å². The average Bonchev–Trinajstić information content (AvgIpc) is 3.04. The summed E-state index contributed by atoms with van der Waals surface area (Å²) in [5.41, 5.74) is 1.60. The Labute approximate surface area is 145 Å². The van der Waals surface area contributed by atoms with Gasteiger partial charge < -0.3 is 5.32 Å². The third-order valence-electron chi connectivity index (χ3n) is 3.58. The Kier molecular flexibility index (Phi) is 4.80. The maximum Gasteiger partial charge on any atom is 0.179 e. The molecule has 0 aliphatic rings. The maximum absolute atomic E-state index is 13.0. The molecule has 8 heteroatoms. The predicted molar refractivity (Wildman–Crippen MR) is 93.1 cm³/mol. The van der Waals surface area contributed by atoms with Crippen LogP contribution in [-0.2, 0) is 16.3 Å². The number of rotatable bonds is 6. The molecule has 0 radical (unpaired) electrons. The van der Waals surface area contributed by atoms with Gasteiger partial charge in [-0.3, -0.25) is 0 Å². The molecule has 0 saturated heterocycles. The smallest absolute Gasteiger partial charge is 0.179 e. The molecular weight excluding hydrogens is 343 g/mol. The second-order valence-corrected chi connectivity index (χ2v) is 7.51. The van der Waals surface area contributed by atoms with E-state index in [2.05, 4.69) is 15.4 Å². The molecule has 0 amide bonds. The Morgan fingerprint density at radius 1 is 1.16 bits per heavy atom. The Balaban J connectivity index is 1.65. The molecule has 0 unspecified atom stereocenters. The molecule has 130 valence electrons. The summed E-state index contributed by atoms with van der Waals surface area (Å²) in [5.74, 6) is 0.0420. The van der Waals surface area contributed by atoms with Gasteiger partial charge in [0.15, 0.2) is 9.84 Å². The molecule has 0 atom stereocenters. The number of benzene rings is 1. The number of hydrogen-bond acceptors (Lipinski definition) is 5. The molecule has 3 rings (SSSR count). The summed E-state index contributed by atoms with van der Waals surface area (Å²) in [7, 11) is -3.34. The van der Waals surface area contributed by atoms with Gasteiger partial charge in [0, 0.05) is 31.6 Å². The van der Waals surface area contributed by atoms with E-state index in [0.29, 0.717) is 18.8 Å². The molecular formula is C17H17FN4O2S. The molecule has 25 heavy (non-hydrogen) atoms. The first-order valence-electron chi connectivity index (χ1n) is 7.63. The molecule has 0 spiro atoms. The molecule has 1 aromatic carbocycles. The first-order chi connectivity index (χ1) is 11.9. The minimum absolute atomic E-state index is 0.173. The lowest BCUT2D eigenvalue weighted by Crippen LogP contribution is -2.11.